The van der Waals surface area contributed by atoms with Crippen molar-refractivity contribution in [3.63, 3.8) is 0 Å². The van der Waals surface area contributed by atoms with Gasteiger partial charge in [-0.3, -0.25) is 14.4 Å². The Balaban J connectivity index is 3.85. The molecule has 5 nitrogen and oxygen atoms in total. The molecule has 1 amide bonds. The largest absolute Gasteiger partial charge is 0.380 e. The highest BCUT2D eigenvalue weighted by Gasteiger charge is 2.03. The van der Waals surface area contributed by atoms with Crippen LogP contribution in [0.2, 0.25) is 0 Å². The SMILES string of the molecule is CCC(=O)NCCSC(=O)/C=C(\C=O)COC. The van der Waals surface area contributed by atoms with E-state index in [1.807, 2.05) is 0 Å². The molecule has 0 aromatic rings. The van der Waals surface area contributed by atoms with Gasteiger partial charge in [0.1, 0.15) is 6.29 Å². The topological polar surface area (TPSA) is 72.5 Å². The van der Waals surface area contributed by atoms with Crippen molar-refractivity contribution < 1.29 is 19.1 Å². The van der Waals surface area contributed by atoms with Gasteiger partial charge in [-0.15, -0.1) is 0 Å². The minimum Gasteiger partial charge on any atom is -0.380 e. The first-order valence-corrected chi connectivity index (χ1v) is 6.20. The van der Waals surface area contributed by atoms with Crippen molar-refractivity contribution >= 4 is 29.1 Å². The Morgan fingerprint density at radius 3 is 2.65 bits per heavy atom. The third kappa shape index (κ3) is 8.65. The number of rotatable bonds is 8. The van der Waals surface area contributed by atoms with E-state index in [4.69, 9.17) is 4.74 Å². The molecule has 0 aromatic heterocycles. The van der Waals surface area contributed by atoms with E-state index in [9.17, 15) is 14.4 Å². The second kappa shape index (κ2) is 10.0. The molecule has 0 aliphatic heterocycles. The van der Waals surface area contributed by atoms with Gasteiger partial charge in [-0.05, 0) is 0 Å². The summed E-state index contributed by atoms with van der Waals surface area (Å²) in [6, 6.07) is 0. The molecule has 0 spiro atoms. The number of ether oxygens (including phenoxy) is 1. The van der Waals surface area contributed by atoms with E-state index in [-0.39, 0.29) is 17.6 Å². The van der Waals surface area contributed by atoms with Crippen LogP contribution in [0.25, 0.3) is 0 Å². The maximum Gasteiger partial charge on any atom is 0.219 e. The molecule has 0 saturated heterocycles. The van der Waals surface area contributed by atoms with Crippen LogP contribution < -0.4 is 5.32 Å². The predicted octanol–water partition coefficient (Wildman–Crippen LogP) is 0.544. The second-order valence-corrected chi connectivity index (χ2v) is 4.24. The summed E-state index contributed by atoms with van der Waals surface area (Å²) in [7, 11) is 1.45. The van der Waals surface area contributed by atoms with Crippen LogP contribution in [0.3, 0.4) is 0 Å². The molecule has 1 N–H and O–H groups in total. The van der Waals surface area contributed by atoms with Crippen LogP contribution in [0.15, 0.2) is 11.6 Å². The molecule has 0 aliphatic carbocycles. The number of hydrogen-bond acceptors (Lipinski definition) is 5. The van der Waals surface area contributed by atoms with Crippen molar-refractivity contribution in [2.75, 3.05) is 26.0 Å². The van der Waals surface area contributed by atoms with Crippen LogP contribution in [0.4, 0.5) is 0 Å². The first kappa shape index (κ1) is 15.9. The van der Waals surface area contributed by atoms with Crippen LogP contribution in [-0.2, 0) is 19.1 Å². The number of carbonyl (C=O) groups is 3. The Morgan fingerprint density at radius 2 is 2.12 bits per heavy atom. The normalized spacial score (nSPS) is 11.1. The molecule has 6 heteroatoms. The van der Waals surface area contributed by atoms with Gasteiger partial charge in [-0.1, -0.05) is 18.7 Å². The van der Waals surface area contributed by atoms with Crippen molar-refractivity contribution in [3.05, 3.63) is 11.6 Å². The van der Waals surface area contributed by atoms with E-state index in [0.717, 1.165) is 11.8 Å². The van der Waals surface area contributed by atoms with Crippen molar-refractivity contribution in [2.45, 2.75) is 13.3 Å². The van der Waals surface area contributed by atoms with Crippen LogP contribution in [0.5, 0.6) is 0 Å². The van der Waals surface area contributed by atoms with E-state index in [1.165, 1.54) is 13.2 Å². The van der Waals surface area contributed by atoms with Gasteiger partial charge in [0, 0.05) is 37.5 Å². The molecule has 0 saturated carbocycles. The second-order valence-electron chi connectivity index (χ2n) is 3.14. The lowest BCUT2D eigenvalue weighted by Crippen LogP contribution is -2.24. The van der Waals surface area contributed by atoms with E-state index in [1.54, 1.807) is 6.92 Å². The highest BCUT2D eigenvalue weighted by molar-refractivity contribution is 8.14. The van der Waals surface area contributed by atoms with Gasteiger partial charge in [-0.25, -0.2) is 0 Å². The number of hydrogen-bond donors (Lipinski definition) is 1. The van der Waals surface area contributed by atoms with Crippen LogP contribution in [-0.4, -0.2) is 43.3 Å². The summed E-state index contributed by atoms with van der Waals surface area (Å²) in [5, 5.41) is 2.44. The molecule has 0 atom stereocenters. The highest BCUT2D eigenvalue weighted by Crippen LogP contribution is 2.04. The summed E-state index contributed by atoms with van der Waals surface area (Å²) in [6.45, 7) is 2.33. The Labute approximate surface area is 105 Å². The standard InChI is InChI=1S/C11H17NO4S/c1-3-10(14)12-4-5-17-11(15)6-9(7-13)8-16-2/h6-7H,3-5,8H2,1-2H3,(H,12,14)/b9-6+. The quantitative estimate of drug-likeness (QED) is 0.391. The Bertz CT molecular complexity index is 302. The van der Waals surface area contributed by atoms with Crippen molar-refractivity contribution in [1.29, 1.82) is 0 Å². The molecular weight excluding hydrogens is 242 g/mol. The number of methoxy groups -OCH3 is 1. The van der Waals surface area contributed by atoms with Crippen molar-refractivity contribution in [2.24, 2.45) is 0 Å². The molecule has 0 aromatic carbocycles. The van der Waals surface area contributed by atoms with Crippen LogP contribution in [0.1, 0.15) is 13.3 Å². The monoisotopic (exact) mass is 259 g/mol. The summed E-state index contributed by atoms with van der Waals surface area (Å²) in [5.74, 6) is 0.446. The summed E-state index contributed by atoms with van der Waals surface area (Å²) in [5.41, 5.74) is 0.308. The molecule has 0 radical (unpaired) electrons. The molecule has 0 fully saturated rings. The van der Waals surface area contributed by atoms with Crippen LogP contribution >= 0.6 is 11.8 Å². The fourth-order valence-corrected chi connectivity index (χ4v) is 1.58. The van der Waals surface area contributed by atoms with Gasteiger partial charge in [0.15, 0.2) is 0 Å². The molecule has 0 aliphatic rings. The fraction of sp³-hybridized carbons (Fsp3) is 0.545. The number of thioether (sulfide) groups is 1. The lowest BCUT2D eigenvalue weighted by molar-refractivity contribution is -0.120. The van der Waals surface area contributed by atoms with Crippen LogP contribution in [0, 0.1) is 0 Å². The zero-order chi connectivity index (χ0) is 13.1. The predicted molar refractivity (Wildman–Crippen MR) is 66.8 cm³/mol. The number of nitrogens with one attached hydrogen (secondary N) is 1. The Hall–Kier alpha value is -1.14. The van der Waals surface area contributed by atoms with Gasteiger partial charge in [-0.2, -0.15) is 0 Å². The average Bonchev–Trinajstić information content (AvgIpc) is 2.33. The van der Waals surface area contributed by atoms with Crippen molar-refractivity contribution in [1.82, 2.24) is 5.32 Å². The molecule has 0 unspecified atom stereocenters. The van der Waals surface area contributed by atoms with E-state index >= 15 is 0 Å². The summed E-state index contributed by atoms with van der Waals surface area (Å²) in [4.78, 5) is 32.8. The number of aldehydes is 1. The summed E-state index contributed by atoms with van der Waals surface area (Å²) in [6.07, 6.45) is 2.28. The molecule has 17 heavy (non-hydrogen) atoms. The van der Waals surface area contributed by atoms with E-state index in [2.05, 4.69) is 5.32 Å². The van der Waals surface area contributed by atoms with Crippen molar-refractivity contribution in [3.8, 4) is 0 Å². The zero-order valence-corrected chi connectivity index (χ0v) is 10.8. The molecular formula is C11H17NO4S. The van der Waals surface area contributed by atoms with E-state index < -0.39 is 0 Å². The van der Waals surface area contributed by atoms with E-state index in [0.29, 0.717) is 30.6 Å². The maximum absolute atomic E-state index is 11.4. The summed E-state index contributed by atoms with van der Waals surface area (Å²) < 4.78 is 4.75. The Kier molecular flexibility index (Phi) is 9.37. The average molecular weight is 259 g/mol. The first-order chi connectivity index (χ1) is 8.13. The molecule has 96 valence electrons. The molecule has 0 bridgehead atoms. The first-order valence-electron chi connectivity index (χ1n) is 5.22. The third-order valence-electron chi connectivity index (χ3n) is 1.76. The van der Waals surface area contributed by atoms with Gasteiger partial charge >= 0.3 is 0 Å². The number of carbonyl (C=O) groups excluding carboxylic acids is 3. The minimum atomic E-state index is -0.213. The fourth-order valence-electron chi connectivity index (χ4n) is 0.936. The third-order valence-corrected chi connectivity index (χ3v) is 2.57. The van der Waals surface area contributed by atoms with Gasteiger partial charge < -0.3 is 10.1 Å². The van der Waals surface area contributed by atoms with Gasteiger partial charge in [0.25, 0.3) is 0 Å². The minimum absolute atomic E-state index is 0.0402. The lowest BCUT2D eigenvalue weighted by Gasteiger charge is -2.01. The molecule has 0 rings (SSSR count). The van der Waals surface area contributed by atoms with Gasteiger partial charge in [0.05, 0.1) is 6.61 Å². The smallest absolute Gasteiger partial charge is 0.219 e. The number of amides is 1. The highest BCUT2D eigenvalue weighted by atomic mass is 32.2. The zero-order valence-electron chi connectivity index (χ0n) is 10.0. The summed E-state index contributed by atoms with van der Waals surface area (Å²) >= 11 is 1.05. The lowest BCUT2D eigenvalue weighted by atomic mass is 10.3. The Morgan fingerprint density at radius 1 is 1.41 bits per heavy atom. The van der Waals surface area contributed by atoms with Gasteiger partial charge in [0.2, 0.25) is 11.0 Å². The maximum atomic E-state index is 11.4. The molecule has 0 heterocycles.